The molecule has 2 aliphatic rings. The van der Waals surface area contributed by atoms with Gasteiger partial charge in [-0.2, -0.15) is 0 Å². The van der Waals surface area contributed by atoms with E-state index >= 15 is 0 Å². The summed E-state index contributed by atoms with van der Waals surface area (Å²) in [6, 6.07) is 16.4. The molecular formula is C33H43N3O5. The fourth-order valence-electron chi connectivity index (χ4n) is 6.08. The van der Waals surface area contributed by atoms with E-state index < -0.39 is 5.97 Å². The average Bonchev–Trinajstić information content (AvgIpc) is 3.40. The van der Waals surface area contributed by atoms with Crippen molar-refractivity contribution in [2.75, 3.05) is 20.3 Å². The maximum atomic E-state index is 12.6. The van der Waals surface area contributed by atoms with Crippen molar-refractivity contribution >= 4 is 5.97 Å². The number of methoxy groups -OCH3 is 1. The van der Waals surface area contributed by atoms with Gasteiger partial charge in [0.2, 0.25) is 11.6 Å². The van der Waals surface area contributed by atoms with Gasteiger partial charge in [-0.3, -0.25) is 0 Å². The van der Waals surface area contributed by atoms with Crippen molar-refractivity contribution < 1.29 is 23.7 Å². The number of ether oxygens (including phenoxy) is 4. The molecule has 0 N–H and O–H groups in total. The number of rotatable bonds is 12. The molecule has 0 spiro atoms. The van der Waals surface area contributed by atoms with E-state index in [9.17, 15) is 4.79 Å². The molecule has 2 fully saturated rings. The Balaban J connectivity index is 1.16. The summed E-state index contributed by atoms with van der Waals surface area (Å²) in [6.07, 6.45) is 11.8. The Hall–Kier alpha value is -3.55. The quantitative estimate of drug-likeness (QED) is 0.221. The van der Waals surface area contributed by atoms with E-state index in [1.54, 1.807) is 18.7 Å². The zero-order valence-electron chi connectivity index (χ0n) is 24.4. The van der Waals surface area contributed by atoms with Crippen LogP contribution in [0, 0.1) is 5.92 Å². The number of esters is 1. The number of hydrogen-bond donors (Lipinski definition) is 0. The van der Waals surface area contributed by atoms with Gasteiger partial charge in [0.25, 0.3) is 0 Å². The molecule has 0 unspecified atom stereocenters. The van der Waals surface area contributed by atoms with Gasteiger partial charge in [-0.1, -0.05) is 61.6 Å². The number of benzene rings is 2. The van der Waals surface area contributed by atoms with E-state index in [0.29, 0.717) is 18.3 Å². The SMILES string of the molecule is CCOC(=O)c1nnn(Cc2ccc(OC)cc2)c1O[C@H]1CC[C@H](c2ccc(OCCC3CCCCC3)cc2)CC1. The summed E-state index contributed by atoms with van der Waals surface area (Å²) in [5.74, 6) is 2.93. The third-order valence-electron chi connectivity index (χ3n) is 8.47. The monoisotopic (exact) mass is 561 g/mol. The Morgan fingerprint density at radius 3 is 2.29 bits per heavy atom. The van der Waals surface area contributed by atoms with Crippen LogP contribution in [-0.2, 0) is 11.3 Å². The van der Waals surface area contributed by atoms with Gasteiger partial charge in [0, 0.05) is 0 Å². The van der Waals surface area contributed by atoms with Crippen molar-refractivity contribution in [2.24, 2.45) is 5.92 Å². The average molecular weight is 562 g/mol. The smallest absolute Gasteiger partial charge is 0.364 e. The zero-order valence-corrected chi connectivity index (χ0v) is 24.4. The van der Waals surface area contributed by atoms with Crippen LogP contribution in [-0.4, -0.2) is 47.4 Å². The molecule has 2 saturated carbocycles. The Morgan fingerprint density at radius 1 is 0.902 bits per heavy atom. The lowest BCUT2D eigenvalue weighted by Gasteiger charge is -2.29. The van der Waals surface area contributed by atoms with Crippen LogP contribution in [0.4, 0.5) is 0 Å². The van der Waals surface area contributed by atoms with Gasteiger partial charge in [0.15, 0.2) is 0 Å². The van der Waals surface area contributed by atoms with Gasteiger partial charge in [-0.15, -0.1) is 5.10 Å². The molecule has 5 rings (SSSR count). The van der Waals surface area contributed by atoms with Crippen molar-refractivity contribution in [2.45, 2.75) is 89.7 Å². The van der Waals surface area contributed by atoms with Gasteiger partial charge in [-0.05, 0) is 86.3 Å². The standard InChI is InChI=1S/C33H43N3O5/c1-3-39-33(37)31-32(36(35-34-31)23-25-9-15-28(38-2)16-10-25)41-30-19-13-27(14-20-30)26-11-17-29(18-12-26)40-22-21-24-7-5-4-6-8-24/h9-12,15-18,24,27,30H,3-8,13-14,19-23H2,1-2H3/t27-,30-. The Labute approximate surface area is 243 Å². The minimum absolute atomic E-state index is 0.0186. The van der Waals surface area contributed by atoms with E-state index in [-0.39, 0.29) is 18.4 Å². The molecule has 8 heteroatoms. The molecule has 0 amide bonds. The van der Waals surface area contributed by atoms with Gasteiger partial charge >= 0.3 is 5.97 Å². The predicted octanol–water partition coefficient (Wildman–Crippen LogP) is 6.97. The number of aromatic nitrogens is 3. The van der Waals surface area contributed by atoms with Crippen LogP contribution in [0.25, 0.3) is 0 Å². The molecule has 0 saturated heterocycles. The first-order valence-corrected chi connectivity index (χ1v) is 15.3. The van der Waals surface area contributed by atoms with Crippen LogP contribution in [0.2, 0.25) is 0 Å². The molecule has 2 aromatic carbocycles. The molecular weight excluding hydrogens is 518 g/mol. The minimum Gasteiger partial charge on any atom is -0.497 e. The second-order valence-electron chi connectivity index (χ2n) is 11.3. The largest absolute Gasteiger partial charge is 0.497 e. The lowest BCUT2D eigenvalue weighted by molar-refractivity contribution is 0.0507. The van der Waals surface area contributed by atoms with Crippen molar-refractivity contribution in [1.82, 2.24) is 15.0 Å². The molecule has 0 atom stereocenters. The fraction of sp³-hybridized carbons (Fsp3) is 0.545. The molecule has 220 valence electrons. The normalized spacial score (nSPS) is 19.5. The molecule has 3 aromatic rings. The number of nitrogens with zero attached hydrogens (tertiary/aromatic N) is 3. The van der Waals surface area contributed by atoms with Crippen molar-refractivity contribution in [3.05, 3.63) is 65.4 Å². The Morgan fingerprint density at radius 2 is 1.61 bits per heavy atom. The highest BCUT2D eigenvalue weighted by Gasteiger charge is 2.29. The highest BCUT2D eigenvalue weighted by Crippen LogP contribution is 2.36. The summed E-state index contributed by atoms with van der Waals surface area (Å²) in [7, 11) is 1.64. The summed E-state index contributed by atoms with van der Waals surface area (Å²) in [4.78, 5) is 12.6. The van der Waals surface area contributed by atoms with E-state index in [4.69, 9.17) is 18.9 Å². The Bertz CT molecular complexity index is 1230. The highest BCUT2D eigenvalue weighted by molar-refractivity contribution is 5.89. The summed E-state index contributed by atoms with van der Waals surface area (Å²) < 4.78 is 24.6. The molecule has 1 aromatic heterocycles. The topological polar surface area (TPSA) is 84.7 Å². The lowest BCUT2D eigenvalue weighted by Crippen LogP contribution is -2.25. The van der Waals surface area contributed by atoms with E-state index in [2.05, 4.69) is 34.6 Å². The zero-order chi connectivity index (χ0) is 28.4. The van der Waals surface area contributed by atoms with E-state index in [0.717, 1.165) is 61.7 Å². The molecule has 41 heavy (non-hydrogen) atoms. The van der Waals surface area contributed by atoms with Crippen LogP contribution in [0.15, 0.2) is 48.5 Å². The van der Waals surface area contributed by atoms with Crippen molar-refractivity contribution in [1.29, 1.82) is 0 Å². The maximum absolute atomic E-state index is 12.6. The summed E-state index contributed by atoms with van der Waals surface area (Å²) in [5, 5.41) is 8.36. The first kappa shape index (κ1) is 29.0. The molecule has 1 heterocycles. The summed E-state index contributed by atoms with van der Waals surface area (Å²) in [5.41, 5.74) is 2.48. The third kappa shape index (κ3) is 7.80. The minimum atomic E-state index is -0.516. The molecule has 0 bridgehead atoms. The number of carbonyl (C=O) groups is 1. The van der Waals surface area contributed by atoms with Crippen LogP contribution in [0.3, 0.4) is 0 Å². The van der Waals surface area contributed by atoms with Crippen molar-refractivity contribution in [3.8, 4) is 17.4 Å². The number of hydrogen-bond acceptors (Lipinski definition) is 7. The Kier molecular flexibility index (Phi) is 10.2. The van der Waals surface area contributed by atoms with Crippen LogP contribution in [0.1, 0.15) is 98.7 Å². The maximum Gasteiger partial charge on any atom is 0.364 e. The van der Waals surface area contributed by atoms with Crippen LogP contribution in [0.5, 0.6) is 17.4 Å². The van der Waals surface area contributed by atoms with Gasteiger partial charge in [0.05, 0.1) is 26.9 Å². The first-order valence-electron chi connectivity index (χ1n) is 15.3. The van der Waals surface area contributed by atoms with Crippen LogP contribution < -0.4 is 14.2 Å². The van der Waals surface area contributed by atoms with E-state index in [1.165, 1.54) is 37.7 Å². The molecule has 8 nitrogen and oxygen atoms in total. The first-order chi connectivity index (χ1) is 20.1. The molecule has 0 aliphatic heterocycles. The highest BCUT2D eigenvalue weighted by atomic mass is 16.5. The summed E-state index contributed by atoms with van der Waals surface area (Å²) >= 11 is 0. The van der Waals surface area contributed by atoms with Gasteiger partial charge < -0.3 is 18.9 Å². The van der Waals surface area contributed by atoms with Gasteiger partial charge in [0.1, 0.15) is 17.6 Å². The molecule has 0 radical (unpaired) electrons. The second kappa shape index (κ2) is 14.4. The van der Waals surface area contributed by atoms with E-state index in [1.807, 2.05) is 24.3 Å². The van der Waals surface area contributed by atoms with Crippen molar-refractivity contribution in [3.63, 3.8) is 0 Å². The summed E-state index contributed by atoms with van der Waals surface area (Å²) in [6.45, 7) is 3.27. The number of carbonyl (C=O) groups excluding carboxylic acids is 1. The third-order valence-corrected chi connectivity index (χ3v) is 8.47. The predicted molar refractivity (Wildman–Crippen MR) is 157 cm³/mol. The fourth-order valence-corrected chi connectivity index (χ4v) is 6.08. The molecule has 2 aliphatic carbocycles. The lowest BCUT2D eigenvalue weighted by atomic mass is 9.83. The van der Waals surface area contributed by atoms with Gasteiger partial charge in [-0.25, -0.2) is 9.48 Å². The second-order valence-corrected chi connectivity index (χ2v) is 11.3. The van der Waals surface area contributed by atoms with Crippen LogP contribution >= 0.6 is 0 Å².